The van der Waals surface area contributed by atoms with Crippen molar-refractivity contribution in [3.63, 3.8) is 0 Å². The SMILES string of the molecule is COc1ccc(OCc2nnc(SCc3csc(-c4ccccc4)n3)n2C)cc1. The molecule has 0 aliphatic heterocycles. The maximum Gasteiger partial charge on any atom is 0.191 e. The van der Waals surface area contributed by atoms with Crippen LogP contribution in [-0.4, -0.2) is 26.9 Å². The highest BCUT2D eigenvalue weighted by atomic mass is 32.2. The van der Waals surface area contributed by atoms with Crippen molar-refractivity contribution in [3.05, 3.63) is 71.5 Å². The molecule has 0 saturated carbocycles. The van der Waals surface area contributed by atoms with Gasteiger partial charge in [-0.1, -0.05) is 42.1 Å². The number of benzene rings is 2. The molecule has 0 amide bonds. The second-order valence-electron chi connectivity index (χ2n) is 6.22. The van der Waals surface area contributed by atoms with E-state index in [9.17, 15) is 0 Å². The highest BCUT2D eigenvalue weighted by molar-refractivity contribution is 7.98. The Balaban J connectivity index is 1.34. The minimum Gasteiger partial charge on any atom is -0.497 e. The van der Waals surface area contributed by atoms with Gasteiger partial charge in [0.2, 0.25) is 0 Å². The normalized spacial score (nSPS) is 10.8. The van der Waals surface area contributed by atoms with Crippen LogP contribution in [0.25, 0.3) is 10.6 Å². The number of methoxy groups -OCH3 is 1. The van der Waals surface area contributed by atoms with Crippen molar-refractivity contribution in [2.24, 2.45) is 7.05 Å². The van der Waals surface area contributed by atoms with E-state index in [4.69, 9.17) is 14.5 Å². The Labute approximate surface area is 177 Å². The van der Waals surface area contributed by atoms with Crippen LogP contribution < -0.4 is 9.47 Å². The summed E-state index contributed by atoms with van der Waals surface area (Å²) in [6.45, 7) is 0.352. The first-order chi connectivity index (χ1) is 14.2. The molecule has 4 aromatic rings. The summed E-state index contributed by atoms with van der Waals surface area (Å²) in [7, 11) is 3.59. The Hall–Kier alpha value is -2.84. The number of nitrogens with zero attached hydrogens (tertiary/aromatic N) is 4. The van der Waals surface area contributed by atoms with Gasteiger partial charge < -0.3 is 14.0 Å². The number of thiazole rings is 1. The van der Waals surface area contributed by atoms with E-state index in [0.29, 0.717) is 6.61 Å². The molecule has 0 radical (unpaired) electrons. The molecular formula is C21H20N4O2S2. The minimum atomic E-state index is 0.352. The minimum absolute atomic E-state index is 0.352. The van der Waals surface area contributed by atoms with Gasteiger partial charge in [0.15, 0.2) is 11.0 Å². The van der Waals surface area contributed by atoms with Crippen molar-refractivity contribution in [3.8, 4) is 22.1 Å². The number of hydrogen-bond donors (Lipinski definition) is 0. The Kier molecular flexibility index (Phi) is 6.12. The first-order valence-corrected chi connectivity index (χ1v) is 10.9. The zero-order chi connectivity index (χ0) is 20.1. The molecule has 0 N–H and O–H groups in total. The predicted molar refractivity (Wildman–Crippen MR) is 115 cm³/mol. The first kappa shape index (κ1) is 19.5. The summed E-state index contributed by atoms with van der Waals surface area (Å²) in [4.78, 5) is 4.73. The average Bonchev–Trinajstić information content (AvgIpc) is 3.38. The summed E-state index contributed by atoms with van der Waals surface area (Å²) in [6.07, 6.45) is 0. The van der Waals surface area contributed by atoms with E-state index in [1.54, 1.807) is 30.2 Å². The maximum atomic E-state index is 5.80. The van der Waals surface area contributed by atoms with Gasteiger partial charge in [-0.15, -0.1) is 21.5 Å². The monoisotopic (exact) mass is 424 g/mol. The smallest absolute Gasteiger partial charge is 0.191 e. The second-order valence-corrected chi connectivity index (χ2v) is 8.02. The molecule has 0 spiro atoms. The fraction of sp³-hybridized carbons (Fsp3) is 0.190. The maximum absolute atomic E-state index is 5.80. The topological polar surface area (TPSA) is 62.1 Å². The van der Waals surface area contributed by atoms with Crippen molar-refractivity contribution in [1.29, 1.82) is 0 Å². The van der Waals surface area contributed by atoms with Crippen LogP contribution in [0.5, 0.6) is 11.5 Å². The Morgan fingerprint density at radius 2 is 1.76 bits per heavy atom. The van der Waals surface area contributed by atoms with Gasteiger partial charge in [-0.2, -0.15) is 0 Å². The highest BCUT2D eigenvalue weighted by Gasteiger charge is 2.12. The lowest BCUT2D eigenvalue weighted by atomic mass is 10.2. The Bertz CT molecular complexity index is 1060. The molecule has 0 saturated heterocycles. The van der Waals surface area contributed by atoms with E-state index in [0.717, 1.165) is 44.5 Å². The molecule has 0 unspecified atom stereocenters. The number of hydrogen-bond acceptors (Lipinski definition) is 7. The van der Waals surface area contributed by atoms with E-state index in [-0.39, 0.29) is 0 Å². The third-order valence-electron chi connectivity index (χ3n) is 4.27. The van der Waals surface area contributed by atoms with E-state index < -0.39 is 0 Å². The third kappa shape index (κ3) is 4.78. The molecule has 6 nitrogen and oxygen atoms in total. The number of thioether (sulfide) groups is 1. The summed E-state index contributed by atoms with van der Waals surface area (Å²) >= 11 is 3.28. The lowest BCUT2D eigenvalue weighted by Gasteiger charge is -2.07. The molecule has 0 aliphatic rings. The zero-order valence-corrected chi connectivity index (χ0v) is 17.7. The summed E-state index contributed by atoms with van der Waals surface area (Å²) < 4.78 is 12.9. The van der Waals surface area contributed by atoms with Gasteiger partial charge in [-0.3, -0.25) is 0 Å². The van der Waals surface area contributed by atoms with Gasteiger partial charge >= 0.3 is 0 Å². The van der Waals surface area contributed by atoms with Gasteiger partial charge in [0.05, 0.1) is 12.8 Å². The van der Waals surface area contributed by atoms with E-state index in [1.165, 1.54) is 0 Å². The molecule has 2 aromatic carbocycles. The van der Waals surface area contributed by atoms with Gasteiger partial charge in [-0.05, 0) is 24.3 Å². The van der Waals surface area contributed by atoms with E-state index in [1.807, 2.05) is 54.1 Å². The summed E-state index contributed by atoms with van der Waals surface area (Å²) in [5.41, 5.74) is 2.18. The van der Waals surface area contributed by atoms with Gasteiger partial charge in [0, 0.05) is 23.7 Å². The van der Waals surface area contributed by atoms with Crippen LogP contribution in [-0.2, 0) is 19.4 Å². The van der Waals surface area contributed by atoms with Crippen LogP contribution in [0.15, 0.2) is 65.1 Å². The zero-order valence-electron chi connectivity index (χ0n) is 16.1. The molecule has 2 heterocycles. The highest BCUT2D eigenvalue weighted by Crippen LogP contribution is 2.27. The first-order valence-electron chi connectivity index (χ1n) is 9.00. The van der Waals surface area contributed by atoms with E-state index in [2.05, 4.69) is 27.7 Å². The van der Waals surface area contributed by atoms with Gasteiger partial charge in [0.25, 0.3) is 0 Å². The molecule has 148 valence electrons. The quantitative estimate of drug-likeness (QED) is 0.378. The van der Waals surface area contributed by atoms with Crippen LogP contribution in [0.1, 0.15) is 11.5 Å². The van der Waals surface area contributed by atoms with E-state index >= 15 is 0 Å². The average molecular weight is 425 g/mol. The molecular weight excluding hydrogens is 404 g/mol. The Morgan fingerprint density at radius 3 is 2.52 bits per heavy atom. The molecule has 0 aliphatic carbocycles. The molecule has 29 heavy (non-hydrogen) atoms. The molecule has 0 bridgehead atoms. The fourth-order valence-electron chi connectivity index (χ4n) is 2.64. The molecule has 0 atom stereocenters. The standard InChI is InChI=1S/C21H20N4O2S2/c1-25-19(12-27-18-10-8-17(26-2)9-11-18)23-24-21(25)29-14-16-13-28-20(22-16)15-6-4-3-5-7-15/h3-11,13H,12,14H2,1-2H3. The summed E-state index contributed by atoms with van der Waals surface area (Å²) in [6, 6.07) is 17.7. The van der Waals surface area contributed by atoms with Crippen molar-refractivity contribution in [2.75, 3.05) is 7.11 Å². The van der Waals surface area contributed by atoms with Crippen LogP contribution in [0, 0.1) is 0 Å². The molecule has 2 aromatic heterocycles. The molecule has 4 rings (SSSR count). The predicted octanol–water partition coefficient (Wildman–Crippen LogP) is 4.82. The van der Waals surface area contributed by atoms with Crippen LogP contribution in [0.4, 0.5) is 0 Å². The van der Waals surface area contributed by atoms with Crippen LogP contribution >= 0.6 is 23.1 Å². The van der Waals surface area contributed by atoms with Crippen LogP contribution in [0.2, 0.25) is 0 Å². The summed E-state index contributed by atoms with van der Waals surface area (Å²) in [5, 5.41) is 12.5. The molecule has 8 heteroatoms. The van der Waals surface area contributed by atoms with Crippen molar-refractivity contribution >= 4 is 23.1 Å². The fourth-order valence-corrected chi connectivity index (χ4v) is 4.40. The van der Waals surface area contributed by atoms with Crippen molar-refractivity contribution < 1.29 is 9.47 Å². The summed E-state index contributed by atoms with van der Waals surface area (Å²) in [5.74, 6) is 3.08. The number of ether oxygens (including phenoxy) is 2. The largest absolute Gasteiger partial charge is 0.497 e. The van der Waals surface area contributed by atoms with Crippen molar-refractivity contribution in [1.82, 2.24) is 19.7 Å². The third-order valence-corrected chi connectivity index (χ3v) is 6.27. The second kappa shape index (κ2) is 9.11. The van der Waals surface area contributed by atoms with Crippen molar-refractivity contribution in [2.45, 2.75) is 17.5 Å². The van der Waals surface area contributed by atoms with Gasteiger partial charge in [0.1, 0.15) is 23.1 Å². The lowest BCUT2D eigenvalue weighted by molar-refractivity contribution is 0.290. The van der Waals surface area contributed by atoms with Crippen LogP contribution in [0.3, 0.4) is 0 Å². The molecule has 0 fully saturated rings. The lowest BCUT2D eigenvalue weighted by Crippen LogP contribution is -2.04. The number of aromatic nitrogens is 4. The van der Waals surface area contributed by atoms with Gasteiger partial charge in [-0.25, -0.2) is 4.98 Å². The number of rotatable bonds is 8. The Morgan fingerprint density at radius 1 is 1.00 bits per heavy atom.